The van der Waals surface area contributed by atoms with E-state index in [4.69, 9.17) is 11.6 Å². The number of hydrogen-bond donors (Lipinski definition) is 1. The number of nitrogens with zero attached hydrogens (tertiary/aromatic N) is 1. The van der Waals surface area contributed by atoms with Crippen LogP contribution in [0, 0.1) is 6.92 Å². The van der Waals surface area contributed by atoms with Crippen molar-refractivity contribution in [2.75, 3.05) is 6.54 Å². The number of nitrogens with one attached hydrogen (secondary N) is 1. The summed E-state index contributed by atoms with van der Waals surface area (Å²) in [6.07, 6.45) is 1.54. The van der Waals surface area contributed by atoms with Gasteiger partial charge in [0.15, 0.2) is 0 Å². The third kappa shape index (κ3) is 6.10. The Morgan fingerprint density at radius 3 is 2.36 bits per heavy atom. The molecule has 2 aromatic rings. The number of carbonyl (C=O) groups is 2. The zero-order valence-electron chi connectivity index (χ0n) is 16.9. The van der Waals surface area contributed by atoms with Crippen molar-refractivity contribution in [1.82, 2.24) is 10.2 Å². The van der Waals surface area contributed by atoms with Gasteiger partial charge in [-0.1, -0.05) is 66.6 Å². The topological polar surface area (TPSA) is 49.4 Å². The highest BCUT2D eigenvalue weighted by Crippen LogP contribution is 2.20. The first-order valence-electron chi connectivity index (χ1n) is 9.82. The molecule has 0 aliphatic heterocycles. The van der Waals surface area contributed by atoms with E-state index in [1.165, 1.54) is 5.56 Å². The molecule has 0 spiro atoms. The minimum atomic E-state index is -0.512. The van der Waals surface area contributed by atoms with E-state index in [1.807, 2.05) is 63.2 Å². The maximum Gasteiger partial charge on any atom is 0.242 e. The van der Waals surface area contributed by atoms with Crippen LogP contribution in [0.4, 0.5) is 0 Å². The molecule has 2 aromatic carbocycles. The molecule has 0 aliphatic rings. The normalized spacial score (nSPS) is 11.7. The summed E-state index contributed by atoms with van der Waals surface area (Å²) in [5.41, 5.74) is 3.15. The van der Waals surface area contributed by atoms with Gasteiger partial charge >= 0.3 is 0 Å². The number of likely N-dealkylation sites (N-methyl/N-ethyl adjacent to an activating group) is 1. The van der Waals surface area contributed by atoms with Crippen LogP contribution in [0.5, 0.6) is 0 Å². The maximum atomic E-state index is 13.1. The van der Waals surface area contributed by atoms with Crippen molar-refractivity contribution in [2.45, 2.75) is 52.6 Å². The monoisotopic (exact) mass is 400 g/mol. The number of amides is 2. The van der Waals surface area contributed by atoms with Gasteiger partial charge in [0.2, 0.25) is 11.8 Å². The van der Waals surface area contributed by atoms with E-state index in [2.05, 4.69) is 5.32 Å². The van der Waals surface area contributed by atoms with Crippen molar-refractivity contribution in [3.63, 3.8) is 0 Å². The molecule has 2 rings (SSSR count). The second-order valence-electron chi connectivity index (χ2n) is 6.92. The molecule has 1 N–H and O–H groups in total. The number of halogens is 1. The third-order valence-electron chi connectivity index (χ3n) is 4.78. The van der Waals surface area contributed by atoms with Gasteiger partial charge in [0, 0.05) is 24.5 Å². The molecule has 1 atom stereocenters. The van der Waals surface area contributed by atoms with Crippen LogP contribution < -0.4 is 5.32 Å². The quantitative estimate of drug-likeness (QED) is 0.672. The van der Waals surface area contributed by atoms with Crippen molar-refractivity contribution in [3.8, 4) is 0 Å². The highest BCUT2D eigenvalue weighted by Gasteiger charge is 2.28. The summed E-state index contributed by atoms with van der Waals surface area (Å²) in [6, 6.07) is 15.1. The van der Waals surface area contributed by atoms with E-state index >= 15 is 0 Å². The van der Waals surface area contributed by atoms with E-state index in [0.29, 0.717) is 37.4 Å². The van der Waals surface area contributed by atoms with Crippen LogP contribution in [0.2, 0.25) is 5.02 Å². The molecule has 0 aliphatic carbocycles. The molecule has 0 unspecified atom stereocenters. The second kappa shape index (κ2) is 10.9. The summed E-state index contributed by atoms with van der Waals surface area (Å²) in [7, 11) is 0. The van der Waals surface area contributed by atoms with Crippen molar-refractivity contribution < 1.29 is 9.59 Å². The Labute approximate surface area is 172 Å². The molecule has 0 aromatic heterocycles. The summed E-state index contributed by atoms with van der Waals surface area (Å²) < 4.78 is 0. The fourth-order valence-electron chi connectivity index (χ4n) is 3.17. The SMILES string of the molecule is CCNC(=O)[C@H](CC)N(Cc1ccccc1Cl)C(=O)CCc1ccc(C)cc1. The van der Waals surface area contributed by atoms with E-state index in [-0.39, 0.29) is 11.8 Å². The molecule has 150 valence electrons. The highest BCUT2D eigenvalue weighted by atomic mass is 35.5. The lowest BCUT2D eigenvalue weighted by Gasteiger charge is -2.31. The lowest BCUT2D eigenvalue weighted by atomic mass is 10.1. The number of benzene rings is 2. The van der Waals surface area contributed by atoms with Gasteiger partial charge in [-0.25, -0.2) is 0 Å². The summed E-state index contributed by atoms with van der Waals surface area (Å²) in [6.45, 7) is 6.70. The largest absolute Gasteiger partial charge is 0.355 e. The predicted octanol–water partition coefficient (Wildman–Crippen LogP) is 4.52. The number of rotatable bonds is 9. The molecule has 4 nitrogen and oxygen atoms in total. The number of carbonyl (C=O) groups excluding carboxylic acids is 2. The van der Waals surface area contributed by atoms with Gasteiger partial charge in [0.25, 0.3) is 0 Å². The Hall–Kier alpha value is -2.33. The van der Waals surface area contributed by atoms with E-state index in [9.17, 15) is 9.59 Å². The van der Waals surface area contributed by atoms with Gasteiger partial charge in [-0.3, -0.25) is 9.59 Å². The average Bonchev–Trinajstić information content (AvgIpc) is 2.69. The van der Waals surface area contributed by atoms with Gasteiger partial charge in [-0.15, -0.1) is 0 Å². The zero-order chi connectivity index (χ0) is 20.5. The minimum absolute atomic E-state index is 0.0430. The molecule has 2 amide bonds. The Morgan fingerprint density at radius 2 is 1.75 bits per heavy atom. The minimum Gasteiger partial charge on any atom is -0.355 e. The predicted molar refractivity (Wildman–Crippen MR) is 114 cm³/mol. The average molecular weight is 401 g/mol. The van der Waals surface area contributed by atoms with Crippen LogP contribution in [0.25, 0.3) is 0 Å². The van der Waals surface area contributed by atoms with Crippen molar-refractivity contribution >= 4 is 23.4 Å². The standard InChI is InChI=1S/C23H29ClN2O2/c1-4-21(23(28)25-5-2)26(16-19-8-6-7-9-20(19)24)22(27)15-14-18-12-10-17(3)11-13-18/h6-13,21H,4-5,14-16H2,1-3H3,(H,25,28)/t21-/m0/s1. The van der Waals surface area contributed by atoms with Gasteiger partial charge in [-0.2, -0.15) is 0 Å². The molecule has 0 fully saturated rings. The zero-order valence-corrected chi connectivity index (χ0v) is 17.6. The molecule has 0 radical (unpaired) electrons. The van der Waals surface area contributed by atoms with Gasteiger partial charge in [0.1, 0.15) is 6.04 Å². The van der Waals surface area contributed by atoms with Gasteiger partial charge < -0.3 is 10.2 Å². The molecular weight excluding hydrogens is 372 g/mol. The van der Waals surface area contributed by atoms with Crippen molar-refractivity contribution in [1.29, 1.82) is 0 Å². The number of hydrogen-bond acceptors (Lipinski definition) is 2. The molecule has 0 heterocycles. The van der Waals surface area contributed by atoms with E-state index < -0.39 is 6.04 Å². The molecule has 0 saturated heterocycles. The van der Waals surface area contributed by atoms with Crippen LogP contribution in [-0.4, -0.2) is 29.3 Å². The van der Waals surface area contributed by atoms with Gasteiger partial charge in [-0.05, 0) is 43.9 Å². The molecule has 0 bridgehead atoms. The summed E-state index contributed by atoms with van der Waals surface area (Å²) in [4.78, 5) is 27.3. The van der Waals surface area contributed by atoms with Crippen LogP contribution in [0.15, 0.2) is 48.5 Å². The molecule has 0 saturated carbocycles. The number of aryl methyl sites for hydroxylation is 2. The van der Waals surface area contributed by atoms with Crippen LogP contribution in [-0.2, 0) is 22.6 Å². The molecular formula is C23H29ClN2O2. The fraction of sp³-hybridized carbons (Fsp3) is 0.391. The maximum absolute atomic E-state index is 13.1. The molecule has 28 heavy (non-hydrogen) atoms. The van der Waals surface area contributed by atoms with Crippen molar-refractivity contribution in [3.05, 3.63) is 70.2 Å². The van der Waals surface area contributed by atoms with Gasteiger partial charge in [0.05, 0.1) is 0 Å². The van der Waals surface area contributed by atoms with Crippen LogP contribution in [0.3, 0.4) is 0 Å². The Morgan fingerprint density at radius 1 is 1.07 bits per heavy atom. The van der Waals surface area contributed by atoms with Crippen molar-refractivity contribution in [2.24, 2.45) is 0 Å². The Bertz CT molecular complexity index is 789. The lowest BCUT2D eigenvalue weighted by molar-refractivity contribution is -0.141. The highest BCUT2D eigenvalue weighted by molar-refractivity contribution is 6.31. The first-order valence-corrected chi connectivity index (χ1v) is 10.2. The first kappa shape index (κ1) is 22.0. The second-order valence-corrected chi connectivity index (χ2v) is 7.32. The lowest BCUT2D eigenvalue weighted by Crippen LogP contribution is -2.49. The first-order chi connectivity index (χ1) is 13.5. The smallest absolute Gasteiger partial charge is 0.242 e. The van der Waals surface area contributed by atoms with E-state index in [1.54, 1.807) is 11.0 Å². The summed E-state index contributed by atoms with van der Waals surface area (Å²) >= 11 is 6.31. The third-order valence-corrected chi connectivity index (χ3v) is 5.15. The van der Waals surface area contributed by atoms with E-state index in [0.717, 1.165) is 11.1 Å². The Balaban J connectivity index is 2.20. The fourth-order valence-corrected chi connectivity index (χ4v) is 3.37. The van der Waals surface area contributed by atoms with Crippen LogP contribution >= 0.6 is 11.6 Å². The summed E-state index contributed by atoms with van der Waals surface area (Å²) in [5, 5.41) is 3.45. The van der Waals surface area contributed by atoms with Crippen LogP contribution in [0.1, 0.15) is 43.4 Å². The molecule has 5 heteroatoms. The summed E-state index contributed by atoms with van der Waals surface area (Å²) in [5.74, 6) is -0.167. The Kier molecular flexibility index (Phi) is 8.52.